The van der Waals surface area contributed by atoms with Crippen molar-refractivity contribution in [3.8, 4) is 0 Å². The molecule has 1 aromatic carbocycles. The molecule has 1 aromatic heterocycles. The molecule has 2 aromatic rings. The SMILES string of the molecule is CNCc1cc(S(=O)(=O)Nc2cc(Cl)ccc2F)cs1. The quantitative estimate of drug-likeness (QED) is 0.883. The van der Waals surface area contributed by atoms with E-state index in [9.17, 15) is 12.8 Å². The van der Waals surface area contributed by atoms with E-state index in [1.165, 1.54) is 28.8 Å². The lowest BCUT2D eigenvalue weighted by Crippen LogP contribution is -2.13. The highest BCUT2D eigenvalue weighted by Crippen LogP contribution is 2.25. The number of anilines is 1. The van der Waals surface area contributed by atoms with Crippen molar-refractivity contribution >= 4 is 38.6 Å². The Labute approximate surface area is 125 Å². The second-order valence-electron chi connectivity index (χ2n) is 4.01. The van der Waals surface area contributed by atoms with E-state index in [-0.39, 0.29) is 15.6 Å². The largest absolute Gasteiger partial charge is 0.315 e. The molecule has 8 heteroatoms. The molecule has 108 valence electrons. The van der Waals surface area contributed by atoms with Crippen molar-refractivity contribution in [3.05, 3.63) is 45.4 Å². The molecule has 2 rings (SSSR count). The fourth-order valence-electron chi connectivity index (χ4n) is 1.55. The fraction of sp³-hybridized carbons (Fsp3) is 0.167. The van der Waals surface area contributed by atoms with Crippen LogP contribution >= 0.6 is 22.9 Å². The molecule has 0 fully saturated rings. The summed E-state index contributed by atoms with van der Waals surface area (Å²) in [6.07, 6.45) is 0. The number of nitrogens with one attached hydrogen (secondary N) is 2. The molecule has 0 atom stereocenters. The molecule has 0 spiro atoms. The summed E-state index contributed by atoms with van der Waals surface area (Å²) < 4.78 is 40.0. The minimum Gasteiger partial charge on any atom is -0.315 e. The van der Waals surface area contributed by atoms with Crippen LogP contribution in [0.3, 0.4) is 0 Å². The van der Waals surface area contributed by atoms with Crippen LogP contribution < -0.4 is 10.0 Å². The number of halogens is 2. The van der Waals surface area contributed by atoms with Crippen LogP contribution in [0.25, 0.3) is 0 Å². The molecule has 0 saturated carbocycles. The number of thiophene rings is 1. The summed E-state index contributed by atoms with van der Waals surface area (Å²) in [5, 5.41) is 4.70. The number of hydrogen-bond acceptors (Lipinski definition) is 4. The van der Waals surface area contributed by atoms with E-state index in [4.69, 9.17) is 11.6 Å². The molecule has 0 aliphatic heterocycles. The third-order valence-electron chi connectivity index (χ3n) is 2.46. The zero-order valence-electron chi connectivity index (χ0n) is 10.5. The smallest absolute Gasteiger partial charge is 0.262 e. The Hall–Kier alpha value is -1.15. The van der Waals surface area contributed by atoms with Gasteiger partial charge in [-0.1, -0.05) is 11.6 Å². The highest BCUT2D eigenvalue weighted by atomic mass is 35.5. The Morgan fingerprint density at radius 3 is 2.80 bits per heavy atom. The minimum absolute atomic E-state index is 0.104. The molecule has 4 nitrogen and oxygen atoms in total. The second kappa shape index (κ2) is 6.09. The molecule has 0 radical (unpaired) electrons. The van der Waals surface area contributed by atoms with Gasteiger partial charge in [-0.3, -0.25) is 4.72 Å². The monoisotopic (exact) mass is 334 g/mol. The molecular weight excluding hydrogens is 323 g/mol. The molecule has 0 aliphatic rings. The van der Waals surface area contributed by atoms with Gasteiger partial charge in [0.1, 0.15) is 5.82 Å². The molecule has 2 N–H and O–H groups in total. The maximum Gasteiger partial charge on any atom is 0.262 e. The normalized spacial score (nSPS) is 11.6. The summed E-state index contributed by atoms with van der Waals surface area (Å²) in [5.41, 5.74) is -0.168. The summed E-state index contributed by atoms with van der Waals surface area (Å²) in [5.74, 6) is -0.677. The van der Waals surface area contributed by atoms with Crippen LogP contribution in [0.1, 0.15) is 4.88 Å². The van der Waals surface area contributed by atoms with Crippen LogP contribution in [0, 0.1) is 5.82 Å². The van der Waals surface area contributed by atoms with Crippen molar-refractivity contribution in [1.82, 2.24) is 5.32 Å². The van der Waals surface area contributed by atoms with E-state index in [1.807, 2.05) is 0 Å². The van der Waals surface area contributed by atoms with E-state index in [2.05, 4.69) is 10.0 Å². The van der Waals surface area contributed by atoms with Gasteiger partial charge in [-0.15, -0.1) is 11.3 Å². The van der Waals surface area contributed by atoms with Crippen molar-refractivity contribution in [1.29, 1.82) is 0 Å². The first-order chi connectivity index (χ1) is 9.42. The molecular formula is C12H12ClFN2O2S2. The molecule has 0 bridgehead atoms. The van der Waals surface area contributed by atoms with E-state index >= 15 is 0 Å². The van der Waals surface area contributed by atoms with Gasteiger partial charge in [0.05, 0.1) is 10.6 Å². The third-order valence-corrected chi connectivity index (χ3v) is 5.13. The molecule has 0 unspecified atom stereocenters. The molecule has 0 aliphatic carbocycles. The van der Waals surface area contributed by atoms with Crippen LogP contribution in [-0.4, -0.2) is 15.5 Å². The van der Waals surface area contributed by atoms with E-state index in [0.29, 0.717) is 6.54 Å². The first-order valence-corrected chi connectivity index (χ1v) is 8.36. The van der Waals surface area contributed by atoms with E-state index < -0.39 is 15.8 Å². The summed E-state index contributed by atoms with van der Waals surface area (Å²) in [6, 6.07) is 5.24. The Kier molecular flexibility index (Phi) is 4.64. The zero-order chi connectivity index (χ0) is 14.8. The maximum absolute atomic E-state index is 13.5. The predicted molar refractivity (Wildman–Crippen MR) is 79.3 cm³/mol. The third kappa shape index (κ3) is 3.49. The lowest BCUT2D eigenvalue weighted by Gasteiger charge is -2.07. The molecule has 0 amide bonds. The highest BCUT2D eigenvalue weighted by molar-refractivity contribution is 7.92. The minimum atomic E-state index is -3.82. The van der Waals surface area contributed by atoms with Crippen molar-refractivity contribution in [2.24, 2.45) is 0 Å². The van der Waals surface area contributed by atoms with Gasteiger partial charge < -0.3 is 5.32 Å². The average Bonchev–Trinajstić information content (AvgIpc) is 2.83. The zero-order valence-corrected chi connectivity index (χ0v) is 12.9. The van der Waals surface area contributed by atoms with Gasteiger partial charge >= 0.3 is 0 Å². The number of hydrogen-bond donors (Lipinski definition) is 2. The van der Waals surface area contributed by atoms with Crippen LogP contribution in [0.4, 0.5) is 10.1 Å². The summed E-state index contributed by atoms with van der Waals surface area (Å²) in [7, 11) is -2.04. The summed E-state index contributed by atoms with van der Waals surface area (Å²) in [4.78, 5) is 0.978. The van der Waals surface area contributed by atoms with Crippen LogP contribution in [-0.2, 0) is 16.6 Å². The Balaban J connectivity index is 2.28. The molecule has 20 heavy (non-hydrogen) atoms. The Morgan fingerprint density at radius 1 is 1.35 bits per heavy atom. The first-order valence-electron chi connectivity index (χ1n) is 5.62. The van der Waals surface area contributed by atoms with Crippen LogP contribution in [0.2, 0.25) is 5.02 Å². The second-order valence-corrected chi connectivity index (χ2v) is 7.12. The maximum atomic E-state index is 13.5. The molecule has 1 heterocycles. The van der Waals surface area contributed by atoms with Gasteiger partial charge in [0, 0.05) is 21.8 Å². The van der Waals surface area contributed by atoms with E-state index in [0.717, 1.165) is 10.9 Å². The molecule has 0 saturated heterocycles. The van der Waals surface area contributed by atoms with Crippen LogP contribution in [0.5, 0.6) is 0 Å². The topological polar surface area (TPSA) is 58.2 Å². The predicted octanol–water partition coefficient (Wildman–Crippen LogP) is 3.06. The number of rotatable bonds is 5. The van der Waals surface area contributed by atoms with Crippen molar-refractivity contribution in [2.75, 3.05) is 11.8 Å². The average molecular weight is 335 g/mol. The van der Waals surface area contributed by atoms with Crippen molar-refractivity contribution < 1.29 is 12.8 Å². The summed E-state index contributed by atoms with van der Waals surface area (Å²) in [6.45, 7) is 0.575. The Bertz CT molecular complexity index is 716. The standard InChI is InChI=1S/C12H12ClFN2O2S2/c1-15-6-9-5-10(7-19-9)20(17,18)16-12-4-8(13)2-3-11(12)14/h2-5,7,15-16H,6H2,1H3. The highest BCUT2D eigenvalue weighted by Gasteiger charge is 2.18. The van der Waals surface area contributed by atoms with Crippen LogP contribution in [0.15, 0.2) is 34.5 Å². The number of benzene rings is 1. The van der Waals surface area contributed by atoms with Gasteiger partial charge in [-0.2, -0.15) is 0 Å². The first kappa shape index (κ1) is 15.2. The van der Waals surface area contributed by atoms with E-state index in [1.54, 1.807) is 13.1 Å². The Morgan fingerprint density at radius 2 is 2.10 bits per heavy atom. The van der Waals surface area contributed by atoms with Crippen molar-refractivity contribution in [3.63, 3.8) is 0 Å². The lowest BCUT2D eigenvalue weighted by atomic mass is 10.3. The lowest BCUT2D eigenvalue weighted by molar-refractivity contribution is 0.599. The van der Waals surface area contributed by atoms with Gasteiger partial charge in [0.15, 0.2) is 0 Å². The van der Waals surface area contributed by atoms with Crippen molar-refractivity contribution in [2.45, 2.75) is 11.4 Å². The van der Waals surface area contributed by atoms with Gasteiger partial charge in [0.25, 0.3) is 10.0 Å². The fourth-order valence-corrected chi connectivity index (χ4v) is 4.06. The van der Waals surface area contributed by atoms with Gasteiger partial charge in [-0.05, 0) is 31.3 Å². The van der Waals surface area contributed by atoms with Gasteiger partial charge in [0.2, 0.25) is 0 Å². The number of sulfonamides is 1. The summed E-state index contributed by atoms with van der Waals surface area (Å²) >= 11 is 7.05. The van der Waals surface area contributed by atoms with Gasteiger partial charge in [-0.25, -0.2) is 12.8 Å².